The molecule has 1 unspecified atom stereocenters. The molecule has 1 aromatic heterocycles. The molecule has 0 aliphatic heterocycles. The zero-order valence-electron chi connectivity index (χ0n) is 11.6. The number of carbonyl (C=O) groups excluding carboxylic acids is 1. The average Bonchev–Trinajstić information content (AvgIpc) is 2.89. The molecule has 5 nitrogen and oxygen atoms in total. The lowest BCUT2D eigenvalue weighted by molar-refractivity contribution is 0.0958. The van der Waals surface area contributed by atoms with Crippen LogP contribution in [0.1, 0.15) is 60.2 Å². The molecule has 1 aliphatic carbocycles. The lowest BCUT2D eigenvalue weighted by Gasteiger charge is -2.35. The van der Waals surface area contributed by atoms with Crippen LogP contribution >= 0.6 is 0 Å². The molecule has 5 heteroatoms. The second-order valence-corrected chi connectivity index (χ2v) is 5.88. The van der Waals surface area contributed by atoms with Gasteiger partial charge >= 0.3 is 11.8 Å². The minimum absolute atomic E-state index is 0.0658. The smallest absolute Gasteiger partial charge is 0.315 e. The Balaban J connectivity index is 2.05. The number of carbonyl (C=O) groups is 1. The van der Waals surface area contributed by atoms with E-state index >= 15 is 0 Å². The van der Waals surface area contributed by atoms with Gasteiger partial charge in [0, 0.05) is 5.92 Å². The fourth-order valence-corrected chi connectivity index (χ4v) is 2.96. The Morgan fingerprint density at radius 1 is 1.40 bits per heavy atom. The first-order valence-corrected chi connectivity index (χ1v) is 6.72. The Morgan fingerprint density at radius 2 is 2.15 bits per heavy atom. The molecule has 0 spiro atoms. The van der Waals surface area contributed by atoms with Gasteiger partial charge in [-0.05, 0) is 29.4 Å². The number of rotatable bonds is 2. The van der Waals surface area contributed by atoms with Crippen molar-refractivity contribution in [3.8, 4) is 0 Å². The summed E-state index contributed by atoms with van der Waals surface area (Å²) in [5.74, 6) is -0.201. The minimum atomic E-state index is -0.687. The number of fused-ring (bicyclic) bond motifs is 1. The topological polar surface area (TPSA) is 82.0 Å². The van der Waals surface area contributed by atoms with Crippen molar-refractivity contribution in [3.05, 3.63) is 47.1 Å². The molecule has 1 amide bonds. The highest BCUT2D eigenvalue weighted by Crippen LogP contribution is 2.44. The van der Waals surface area contributed by atoms with Crippen LogP contribution in [0.15, 0.2) is 28.8 Å². The van der Waals surface area contributed by atoms with Crippen LogP contribution in [0.25, 0.3) is 0 Å². The third-order valence-corrected chi connectivity index (χ3v) is 4.09. The molecule has 0 saturated heterocycles. The van der Waals surface area contributed by atoms with Gasteiger partial charge in [0.15, 0.2) is 5.82 Å². The van der Waals surface area contributed by atoms with Crippen molar-refractivity contribution in [1.82, 2.24) is 10.1 Å². The van der Waals surface area contributed by atoms with E-state index in [4.69, 9.17) is 10.3 Å². The number of hydrogen-bond donors (Lipinski definition) is 1. The van der Waals surface area contributed by atoms with Crippen molar-refractivity contribution in [2.75, 3.05) is 0 Å². The first-order chi connectivity index (χ1) is 9.49. The Kier molecular flexibility index (Phi) is 2.85. The van der Waals surface area contributed by atoms with E-state index in [1.807, 2.05) is 12.1 Å². The van der Waals surface area contributed by atoms with Crippen molar-refractivity contribution in [2.24, 2.45) is 5.73 Å². The van der Waals surface area contributed by atoms with E-state index < -0.39 is 5.91 Å². The van der Waals surface area contributed by atoms with E-state index in [9.17, 15) is 4.79 Å². The highest BCUT2D eigenvalue weighted by Gasteiger charge is 2.35. The fraction of sp³-hybridized carbons (Fsp3) is 0.400. The lowest BCUT2D eigenvalue weighted by Crippen LogP contribution is -2.27. The molecule has 0 saturated carbocycles. The molecular formula is C15H17N3O2. The van der Waals surface area contributed by atoms with E-state index in [2.05, 4.69) is 36.1 Å². The molecule has 0 fully saturated rings. The first kappa shape index (κ1) is 12.8. The van der Waals surface area contributed by atoms with Gasteiger partial charge < -0.3 is 10.3 Å². The third-order valence-electron chi connectivity index (χ3n) is 4.09. The summed E-state index contributed by atoms with van der Waals surface area (Å²) in [6.45, 7) is 4.49. The normalized spacial score (nSPS) is 20.4. The van der Waals surface area contributed by atoms with Crippen LogP contribution in [0.4, 0.5) is 0 Å². The van der Waals surface area contributed by atoms with Gasteiger partial charge in [0.1, 0.15) is 0 Å². The van der Waals surface area contributed by atoms with Gasteiger partial charge in [-0.1, -0.05) is 43.3 Å². The summed E-state index contributed by atoms with van der Waals surface area (Å²) < 4.78 is 4.91. The highest BCUT2D eigenvalue weighted by atomic mass is 16.5. The zero-order valence-corrected chi connectivity index (χ0v) is 11.6. The summed E-state index contributed by atoms with van der Waals surface area (Å²) in [7, 11) is 0. The molecule has 1 heterocycles. The monoisotopic (exact) mass is 271 g/mol. The molecule has 1 aliphatic rings. The number of nitrogens with two attached hydrogens (primary N) is 1. The number of hydrogen-bond acceptors (Lipinski definition) is 4. The standard InChI is InChI=1S/C15H17N3O2/c1-15(2)8-7-10(9-5-3-4-6-11(9)15)13-17-14(12(16)19)20-18-13/h3-6,10H,7-8H2,1-2H3,(H2,16,19). The maximum Gasteiger partial charge on any atom is 0.315 e. The van der Waals surface area contributed by atoms with Gasteiger partial charge in [-0.15, -0.1) is 0 Å². The van der Waals surface area contributed by atoms with Crippen LogP contribution in [0, 0.1) is 0 Å². The quantitative estimate of drug-likeness (QED) is 0.909. The molecule has 1 atom stereocenters. The van der Waals surface area contributed by atoms with Crippen LogP contribution in [0.2, 0.25) is 0 Å². The van der Waals surface area contributed by atoms with Crippen molar-refractivity contribution < 1.29 is 9.32 Å². The van der Waals surface area contributed by atoms with Gasteiger partial charge in [-0.25, -0.2) is 0 Å². The maximum absolute atomic E-state index is 11.1. The Morgan fingerprint density at radius 3 is 2.85 bits per heavy atom. The summed E-state index contributed by atoms with van der Waals surface area (Å²) in [4.78, 5) is 15.2. The fourth-order valence-electron chi connectivity index (χ4n) is 2.96. The second-order valence-electron chi connectivity index (χ2n) is 5.88. The van der Waals surface area contributed by atoms with Gasteiger partial charge in [0.25, 0.3) is 0 Å². The summed E-state index contributed by atoms with van der Waals surface area (Å²) in [6.07, 6.45) is 1.97. The Hall–Kier alpha value is -2.17. The van der Waals surface area contributed by atoms with Crippen LogP contribution in [0.3, 0.4) is 0 Å². The number of primary amides is 1. The number of aromatic nitrogens is 2. The highest BCUT2D eigenvalue weighted by molar-refractivity contribution is 5.87. The average molecular weight is 271 g/mol. The summed E-state index contributed by atoms with van der Waals surface area (Å²) in [5, 5.41) is 3.92. The van der Waals surface area contributed by atoms with Crippen LogP contribution in [0.5, 0.6) is 0 Å². The first-order valence-electron chi connectivity index (χ1n) is 6.72. The largest absolute Gasteiger partial charge is 0.361 e. The molecule has 3 rings (SSSR count). The molecule has 0 radical (unpaired) electrons. The van der Waals surface area contributed by atoms with Crippen molar-refractivity contribution in [2.45, 2.75) is 38.0 Å². The molecule has 1 aromatic carbocycles. The zero-order chi connectivity index (χ0) is 14.3. The molecule has 0 bridgehead atoms. The maximum atomic E-state index is 11.1. The van der Waals surface area contributed by atoms with E-state index in [1.54, 1.807) is 0 Å². The van der Waals surface area contributed by atoms with E-state index in [-0.39, 0.29) is 17.2 Å². The molecular weight excluding hydrogens is 254 g/mol. The van der Waals surface area contributed by atoms with Crippen molar-refractivity contribution >= 4 is 5.91 Å². The van der Waals surface area contributed by atoms with Crippen LogP contribution < -0.4 is 5.73 Å². The summed E-state index contributed by atoms with van der Waals surface area (Å²) in [6, 6.07) is 8.31. The van der Waals surface area contributed by atoms with Crippen molar-refractivity contribution in [1.29, 1.82) is 0 Å². The van der Waals surface area contributed by atoms with E-state index in [1.165, 1.54) is 11.1 Å². The second kappa shape index (κ2) is 4.44. The minimum Gasteiger partial charge on any atom is -0.361 e. The van der Waals surface area contributed by atoms with Gasteiger partial charge in [0.05, 0.1) is 0 Å². The van der Waals surface area contributed by atoms with Gasteiger partial charge in [0.2, 0.25) is 0 Å². The number of amides is 1. The molecule has 20 heavy (non-hydrogen) atoms. The predicted molar refractivity (Wildman–Crippen MR) is 73.4 cm³/mol. The Bertz CT molecular complexity index is 661. The summed E-state index contributed by atoms with van der Waals surface area (Å²) in [5.41, 5.74) is 7.82. The Labute approximate surface area is 117 Å². The molecule has 2 aromatic rings. The SMILES string of the molecule is CC1(C)CCC(c2noc(C(N)=O)n2)c2ccccc21. The summed E-state index contributed by atoms with van der Waals surface area (Å²) >= 11 is 0. The van der Waals surface area contributed by atoms with E-state index in [0.717, 1.165) is 12.8 Å². The van der Waals surface area contributed by atoms with Crippen LogP contribution in [-0.2, 0) is 5.41 Å². The van der Waals surface area contributed by atoms with Gasteiger partial charge in [-0.3, -0.25) is 4.79 Å². The number of nitrogens with zero attached hydrogens (tertiary/aromatic N) is 2. The molecule has 104 valence electrons. The third kappa shape index (κ3) is 1.99. The van der Waals surface area contributed by atoms with Gasteiger partial charge in [-0.2, -0.15) is 4.98 Å². The molecule has 2 N–H and O–H groups in total. The van der Waals surface area contributed by atoms with E-state index in [0.29, 0.717) is 5.82 Å². The number of benzene rings is 1. The predicted octanol–water partition coefficient (Wildman–Crippen LogP) is 2.37. The van der Waals surface area contributed by atoms with Crippen molar-refractivity contribution in [3.63, 3.8) is 0 Å². The lowest BCUT2D eigenvalue weighted by atomic mass is 9.68. The van der Waals surface area contributed by atoms with Crippen LogP contribution in [-0.4, -0.2) is 16.0 Å².